The van der Waals surface area contributed by atoms with Crippen molar-refractivity contribution in [3.8, 4) is 16.9 Å². The number of nitrogen functional groups attached to an aromatic ring is 1. The van der Waals surface area contributed by atoms with Gasteiger partial charge in [-0.2, -0.15) is 4.98 Å². The molecule has 0 bridgehead atoms. The Morgan fingerprint density at radius 3 is 2.50 bits per heavy atom. The van der Waals surface area contributed by atoms with E-state index in [1.807, 2.05) is 13.8 Å². The van der Waals surface area contributed by atoms with E-state index in [-0.39, 0.29) is 54.4 Å². The smallest absolute Gasteiger partial charge is 0.355 e. The van der Waals surface area contributed by atoms with E-state index in [9.17, 15) is 18.4 Å². The topological polar surface area (TPSA) is 110 Å². The predicted molar refractivity (Wildman–Crippen MR) is 160 cm³/mol. The van der Waals surface area contributed by atoms with E-state index in [4.69, 9.17) is 17.3 Å². The Labute approximate surface area is 254 Å². The van der Waals surface area contributed by atoms with Crippen LogP contribution in [0.5, 0.6) is 0 Å². The van der Waals surface area contributed by atoms with Crippen molar-refractivity contribution in [1.29, 1.82) is 0 Å². The summed E-state index contributed by atoms with van der Waals surface area (Å²) in [6.45, 7) is 11.5. The zero-order valence-electron chi connectivity index (χ0n) is 24.3. The number of benzene rings is 1. The van der Waals surface area contributed by atoms with Crippen molar-refractivity contribution in [1.82, 2.24) is 24.4 Å². The summed E-state index contributed by atoms with van der Waals surface area (Å²) in [5, 5.41) is -0.883. The van der Waals surface area contributed by atoms with Crippen LogP contribution < -0.4 is 16.3 Å². The van der Waals surface area contributed by atoms with Crippen LogP contribution in [0.25, 0.3) is 28.0 Å². The van der Waals surface area contributed by atoms with Crippen LogP contribution in [0.4, 0.5) is 29.1 Å². The van der Waals surface area contributed by atoms with Crippen molar-refractivity contribution in [2.45, 2.75) is 39.7 Å². The van der Waals surface area contributed by atoms with Gasteiger partial charge in [0, 0.05) is 31.9 Å². The summed E-state index contributed by atoms with van der Waals surface area (Å²) in [5.41, 5.74) is 3.87. The second-order valence-electron chi connectivity index (χ2n) is 10.8. The Kier molecular flexibility index (Phi) is 8.10. The lowest BCUT2D eigenvalue weighted by atomic mass is 10.0. The quantitative estimate of drug-likeness (QED) is 0.105. The third kappa shape index (κ3) is 4.94. The molecule has 0 aliphatic carbocycles. The first-order valence-corrected chi connectivity index (χ1v) is 14.0. The van der Waals surface area contributed by atoms with Gasteiger partial charge in [0.2, 0.25) is 5.91 Å². The first-order chi connectivity index (χ1) is 20.8. The van der Waals surface area contributed by atoms with E-state index < -0.39 is 50.9 Å². The maximum absolute atomic E-state index is 15.9. The van der Waals surface area contributed by atoms with Gasteiger partial charge in [-0.25, -0.2) is 31.9 Å². The highest BCUT2D eigenvalue weighted by Gasteiger charge is 2.32. The Balaban J connectivity index is 1.86. The molecule has 4 aromatic rings. The number of anilines is 2. The number of piperazine rings is 1. The number of aryl methyl sites for hydroxylation is 1. The average molecular weight is 630 g/mol. The maximum atomic E-state index is 15.9. The summed E-state index contributed by atoms with van der Waals surface area (Å²) in [6, 6.07) is 2.33. The number of nitrogens with two attached hydrogens (primary N) is 1. The highest BCUT2D eigenvalue weighted by Crippen LogP contribution is 2.40. The van der Waals surface area contributed by atoms with Crippen LogP contribution in [-0.2, 0) is 4.79 Å². The number of pyridine rings is 2. The molecule has 230 valence electrons. The van der Waals surface area contributed by atoms with Crippen molar-refractivity contribution in [3.05, 3.63) is 81.0 Å². The standard InChI is InChI=1S/C30H28ClF4N7O2/c1-6-18(43)41-10-9-40(12-15(41)5)28-16-11-17(32)26(19-21(33)23(35)22(34)20(31)24(19)36)38-29(16)42(30(44)39-28)27-14(4)7-8-37-25(27)13(2)3/h6-8,11,13,15H,1,9-10,12,36H2,2-5H3/t15-/m1/s1. The lowest BCUT2D eigenvalue weighted by Crippen LogP contribution is -2.54. The molecule has 2 N–H and O–H groups in total. The predicted octanol–water partition coefficient (Wildman–Crippen LogP) is 5.29. The number of hydrogen-bond acceptors (Lipinski definition) is 7. The van der Waals surface area contributed by atoms with E-state index in [0.717, 1.165) is 10.6 Å². The Hall–Kier alpha value is -4.52. The van der Waals surface area contributed by atoms with Gasteiger partial charge in [-0.1, -0.05) is 32.0 Å². The lowest BCUT2D eigenvalue weighted by molar-refractivity contribution is -0.128. The summed E-state index contributed by atoms with van der Waals surface area (Å²) in [6.07, 6.45) is 2.78. The van der Waals surface area contributed by atoms with Crippen LogP contribution in [0, 0.1) is 30.2 Å². The SMILES string of the molecule is C=CC(=O)N1CCN(c2nc(=O)n(-c3c(C)ccnc3C(C)C)c3nc(-c4c(N)c(Cl)c(F)c(F)c4F)c(F)cc23)C[C@H]1C. The normalized spacial score (nSPS) is 15.4. The van der Waals surface area contributed by atoms with Crippen LogP contribution in [0.3, 0.4) is 0 Å². The molecule has 1 amide bonds. The summed E-state index contributed by atoms with van der Waals surface area (Å²) in [5.74, 6) is -7.01. The van der Waals surface area contributed by atoms with Crippen LogP contribution in [0.2, 0.25) is 5.02 Å². The van der Waals surface area contributed by atoms with E-state index in [1.54, 1.807) is 35.9 Å². The fourth-order valence-corrected chi connectivity index (χ4v) is 5.66. The fraction of sp³-hybridized carbons (Fsp3) is 0.300. The molecule has 14 heteroatoms. The summed E-state index contributed by atoms with van der Waals surface area (Å²) in [7, 11) is 0. The molecule has 1 aliphatic heterocycles. The molecule has 1 atom stereocenters. The molecule has 0 saturated carbocycles. The fourth-order valence-electron chi connectivity index (χ4n) is 5.48. The van der Waals surface area contributed by atoms with Gasteiger partial charge in [0.1, 0.15) is 16.5 Å². The lowest BCUT2D eigenvalue weighted by Gasteiger charge is -2.40. The molecule has 0 spiro atoms. The van der Waals surface area contributed by atoms with Crippen molar-refractivity contribution < 1.29 is 22.4 Å². The van der Waals surface area contributed by atoms with Crippen LogP contribution in [-0.4, -0.2) is 56.0 Å². The second-order valence-corrected chi connectivity index (χ2v) is 11.2. The van der Waals surface area contributed by atoms with Crippen LogP contribution in [0.1, 0.15) is 37.9 Å². The Bertz CT molecular complexity index is 1880. The molecule has 4 heterocycles. The van der Waals surface area contributed by atoms with E-state index in [2.05, 4.69) is 21.5 Å². The molecule has 1 aromatic carbocycles. The van der Waals surface area contributed by atoms with Gasteiger partial charge in [-0.05, 0) is 43.5 Å². The molecule has 1 aliphatic rings. The highest BCUT2D eigenvalue weighted by molar-refractivity contribution is 6.34. The molecule has 0 radical (unpaired) electrons. The van der Waals surface area contributed by atoms with Gasteiger partial charge >= 0.3 is 5.69 Å². The maximum Gasteiger partial charge on any atom is 0.355 e. The monoisotopic (exact) mass is 629 g/mol. The molecule has 1 fully saturated rings. The average Bonchev–Trinajstić information content (AvgIpc) is 2.99. The Morgan fingerprint density at radius 2 is 1.86 bits per heavy atom. The highest BCUT2D eigenvalue weighted by atomic mass is 35.5. The minimum Gasteiger partial charge on any atom is -0.397 e. The number of fused-ring (bicyclic) bond motifs is 1. The van der Waals surface area contributed by atoms with Crippen LogP contribution in [0.15, 0.2) is 35.8 Å². The zero-order chi connectivity index (χ0) is 32.2. The van der Waals surface area contributed by atoms with Crippen molar-refractivity contribution in [2.24, 2.45) is 0 Å². The van der Waals surface area contributed by atoms with E-state index in [0.29, 0.717) is 16.9 Å². The van der Waals surface area contributed by atoms with Crippen molar-refractivity contribution in [3.63, 3.8) is 0 Å². The molecule has 3 aromatic heterocycles. The van der Waals surface area contributed by atoms with Gasteiger partial charge < -0.3 is 15.5 Å². The summed E-state index contributed by atoms with van der Waals surface area (Å²) < 4.78 is 60.8. The minimum absolute atomic E-state index is 0.0622. The van der Waals surface area contributed by atoms with E-state index >= 15 is 8.78 Å². The number of amides is 1. The Morgan fingerprint density at radius 1 is 1.16 bits per heavy atom. The molecule has 5 rings (SSSR count). The van der Waals surface area contributed by atoms with Gasteiger partial charge in [-0.15, -0.1) is 0 Å². The van der Waals surface area contributed by atoms with Gasteiger partial charge in [0.25, 0.3) is 0 Å². The second kappa shape index (κ2) is 11.5. The molecular formula is C30H28ClF4N7O2. The number of nitrogens with zero attached hydrogens (tertiary/aromatic N) is 6. The number of rotatable bonds is 5. The largest absolute Gasteiger partial charge is 0.397 e. The number of aromatic nitrogens is 4. The first kappa shape index (κ1) is 30.9. The third-order valence-corrected chi connectivity index (χ3v) is 8.02. The molecule has 44 heavy (non-hydrogen) atoms. The van der Waals surface area contributed by atoms with E-state index in [1.165, 1.54) is 6.08 Å². The number of halogens is 5. The summed E-state index contributed by atoms with van der Waals surface area (Å²) in [4.78, 5) is 42.6. The van der Waals surface area contributed by atoms with Gasteiger partial charge in [-0.3, -0.25) is 9.78 Å². The zero-order valence-corrected chi connectivity index (χ0v) is 25.0. The number of carbonyl (C=O) groups is 1. The minimum atomic E-state index is -1.96. The third-order valence-electron chi connectivity index (χ3n) is 7.65. The molecule has 1 saturated heterocycles. The first-order valence-electron chi connectivity index (χ1n) is 13.7. The van der Waals surface area contributed by atoms with Crippen molar-refractivity contribution in [2.75, 3.05) is 30.3 Å². The summed E-state index contributed by atoms with van der Waals surface area (Å²) >= 11 is 5.82. The molecule has 9 nitrogen and oxygen atoms in total. The number of carbonyl (C=O) groups excluding carboxylic acids is 1. The van der Waals surface area contributed by atoms with Gasteiger partial charge in [0.15, 0.2) is 28.9 Å². The molecular weight excluding hydrogens is 602 g/mol. The van der Waals surface area contributed by atoms with Gasteiger partial charge in [0.05, 0.1) is 28.0 Å². The van der Waals surface area contributed by atoms with Crippen LogP contribution >= 0.6 is 11.6 Å². The number of hydrogen-bond donors (Lipinski definition) is 1. The molecule has 0 unspecified atom stereocenters. The van der Waals surface area contributed by atoms with Crippen molar-refractivity contribution >= 4 is 40.0 Å².